The number of aromatic nitrogens is 1. The maximum Gasteiger partial charge on any atom is 0.416 e. The minimum Gasteiger partial charge on any atom is -0.489 e. The highest BCUT2D eigenvalue weighted by Gasteiger charge is 2.32. The second-order valence-electron chi connectivity index (χ2n) is 8.26. The summed E-state index contributed by atoms with van der Waals surface area (Å²) < 4.78 is 115. The van der Waals surface area contributed by atoms with E-state index in [-0.39, 0.29) is 29.1 Å². The van der Waals surface area contributed by atoms with Crippen LogP contribution in [0.4, 0.5) is 26.3 Å². The summed E-state index contributed by atoms with van der Waals surface area (Å²) in [4.78, 5) is -0.627. The number of benzene rings is 3. The number of nitrogens with one attached hydrogen (secondary N) is 1. The molecule has 0 aliphatic heterocycles. The van der Waals surface area contributed by atoms with Crippen molar-refractivity contribution in [1.29, 1.82) is 0 Å². The van der Waals surface area contributed by atoms with Gasteiger partial charge in [-0.15, -0.1) is 0 Å². The predicted molar refractivity (Wildman–Crippen MR) is 127 cm³/mol. The zero-order valence-electron chi connectivity index (χ0n) is 19.7. The average Bonchev–Trinajstić information content (AvgIpc) is 3.29. The number of hydrogen-bond donors (Lipinski definition) is 1. The summed E-state index contributed by atoms with van der Waals surface area (Å²) in [6, 6.07) is 10.9. The Kier molecular flexibility index (Phi) is 7.56. The maximum absolute atomic E-state index is 15.2. The topological polar surface area (TPSA) is 60.3 Å². The van der Waals surface area contributed by atoms with E-state index in [4.69, 9.17) is 4.74 Å². The average molecular weight is 555 g/mol. The molecule has 0 saturated carbocycles. The molecule has 0 radical (unpaired) electrons. The standard InChI is InChI=1S/C26H20F6N2O3S/c1-33-13-16-9-25(34(14-16)38(35,36)21-4-2-3-18(11-21)26(30,31)32)22-7-6-20(12-24(22)29)37-15-17-10-19(27)5-8-23(17)28/h2-12,14,33H,13,15H2,1H3. The van der Waals surface area contributed by atoms with Crippen molar-refractivity contribution in [2.75, 3.05) is 7.05 Å². The number of nitrogens with zero attached hydrogens (tertiary/aromatic N) is 1. The highest BCUT2D eigenvalue weighted by atomic mass is 32.2. The zero-order valence-corrected chi connectivity index (χ0v) is 20.5. The van der Waals surface area contributed by atoms with Gasteiger partial charge in [0.05, 0.1) is 16.2 Å². The molecule has 3 aromatic carbocycles. The molecule has 1 heterocycles. The Morgan fingerprint density at radius 3 is 2.37 bits per heavy atom. The van der Waals surface area contributed by atoms with Gasteiger partial charge >= 0.3 is 6.18 Å². The van der Waals surface area contributed by atoms with Crippen LogP contribution in [0, 0.1) is 17.5 Å². The number of alkyl halides is 3. The van der Waals surface area contributed by atoms with Crippen molar-refractivity contribution in [3.8, 4) is 17.0 Å². The molecule has 1 N–H and O–H groups in total. The molecule has 4 aromatic rings. The Hall–Kier alpha value is -3.77. The van der Waals surface area contributed by atoms with Crippen LogP contribution in [-0.2, 0) is 29.4 Å². The first-order valence-electron chi connectivity index (χ1n) is 11.1. The first-order chi connectivity index (χ1) is 17.9. The van der Waals surface area contributed by atoms with Gasteiger partial charge in [-0.3, -0.25) is 0 Å². The molecule has 0 bridgehead atoms. The lowest BCUT2D eigenvalue weighted by Gasteiger charge is -2.14. The number of rotatable bonds is 8. The minimum absolute atomic E-state index is 0.0378. The normalized spacial score (nSPS) is 12.1. The number of halogens is 6. The molecule has 0 amide bonds. The molecule has 5 nitrogen and oxygen atoms in total. The highest BCUT2D eigenvalue weighted by Crippen LogP contribution is 2.34. The van der Waals surface area contributed by atoms with E-state index in [9.17, 15) is 30.4 Å². The summed E-state index contributed by atoms with van der Waals surface area (Å²) in [7, 11) is -2.96. The molecule has 0 aliphatic rings. The molecule has 38 heavy (non-hydrogen) atoms. The van der Waals surface area contributed by atoms with Gasteiger partial charge in [0.25, 0.3) is 10.0 Å². The fourth-order valence-corrected chi connectivity index (χ4v) is 5.19. The summed E-state index contributed by atoms with van der Waals surface area (Å²) in [5.74, 6) is -2.33. The Bertz CT molecular complexity index is 1580. The van der Waals surface area contributed by atoms with Crippen molar-refractivity contribution in [3.63, 3.8) is 0 Å². The van der Waals surface area contributed by atoms with E-state index in [0.717, 1.165) is 46.4 Å². The van der Waals surface area contributed by atoms with Gasteiger partial charge in [-0.05, 0) is 67.2 Å². The van der Waals surface area contributed by atoms with E-state index in [1.165, 1.54) is 24.4 Å². The monoisotopic (exact) mass is 554 g/mol. The van der Waals surface area contributed by atoms with Crippen LogP contribution in [0.1, 0.15) is 16.7 Å². The number of hydrogen-bond acceptors (Lipinski definition) is 4. The van der Waals surface area contributed by atoms with Crippen LogP contribution in [0.2, 0.25) is 0 Å². The maximum atomic E-state index is 15.2. The molecule has 4 rings (SSSR count). The van der Waals surface area contributed by atoms with Gasteiger partial charge in [0.1, 0.15) is 29.8 Å². The van der Waals surface area contributed by atoms with Gasteiger partial charge in [-0.25, -0.2) is 25.6 Å². The van der Waals surface area contributed by atoms with Crippen molar-refractivity contribution >= 4 is 10.0 Å². The van der Waals surface area contributed by atoms with Gasteiger partial charge in [0, 0.05) is 29.9 Å². The molecular formula is C26H20F6N2O3S. The van der Waals surface area contributed by atoms with Crippen LogP contribution in [0.25, 0.3) is 11.3 Å². The Morgan fingerprint density at radius 2 is 1.68 bits per heavy atom. The lowest BCUT2D eigenvalue weighted by atomic mass is 10.1. The summed E-state index contributed by atoms with van der Waals surface area (Å²) in [5, 5.41) is 2.83. The van der Waals surface area contributed by atoms with E-state index in [1.807, 2.05) is 0 Å². The van der Waals surface area contributed by atoms with Gasteiger partial charge in [-0.2, -0.15) is 13.2 Å². The lowest BCUT2D eigenvalue weighted by molar-refractivity contribution is -0.137. The first-order valence-corrected chi connectivity index (χ1v) is 12.5. The van der Waals surface area contributed by atoms with E-state index in [2.05, 4.69) is 5.32 Å². The molecule has 200 valence electrons. The molecule has 0 saturated heterocycles. The van der Waals surface area contributed by atoms with Crippen LogP contribution < -0.4 is 10.1 Å². The van der Waals surface area contributed by atoms with Crippen molar-refractivity contribution in [3.05, 3.63) is 107 Å². The van der Waals surface area contributed by atoms with E-state index in [1.54, 1.807) is 7.05 Å². The quantitative estimate of drug-likeness (QED) is 0.267. The highest BCUT2D eigenvalue weighted by molar-refractivity contribution is 7.90. The molecular weight excluding hydrogens is 534 g/mol. The molecule has 0 atom stereocenters. The summed E-state index contributed by atoms with van der Waals surface area (Å²) in [6.45, 7) is -0.199. The summed E-state index contributed by atoms with van der Waals surface area (Å²) in [5.41, 5.74) is -1.11. The lowest BCUT2D eigenvalue weighted by Crippen LogP contribution is -2.15. The Balaban J connectivity index is 1.71. The Morgan fingerprint density at radius 1 is 0.921 bits per heavy atom. The van der Waals surface area contributed by atoms with Crippen molar-refractivity contribution in [2.24, 2.45) is 0 Å². The van der Waals surface area contributed by atoms with Crippen LogP contribution in [0.5, 0.6) is 5.75 Å². The Labute approximate surface area is 214 Å². The predicted octanol–water partition coefficient (Wildman–Crippen LogP) is 6.13. The minimum atomic E-state index is -4.77. The van der Waals surface area contributed by atoms with Crippen molar-refractivity contribution in [2.45, 2.75) is 24.2 Å². The second kappa shape index (κ2) is 10.5. The van der Waals surface area contributed by atoms with E-state index >= 15 is 4.39 Å². The molecule has 1 aromatic heterocycles. The number of ether oxygens (including phenoxy) is 1. The fourth-order valence-electron chi connectivity index (χ4n) is 3.75. The van der Waals surface area contributed by atoms with E-state index in [0.29, 0.717) is 11.6 Å². The molecule has 0 spiro atoms. The van der Waals surface area contributed by atoms with Crippen LogP contribution in [0.15, 0.2) is 77.8 Å². The first kappa shape index (κ1) is 27.3. The van der Waals surface area contributed by atoms with Gasteiger partial charge in [0.15, 0.2) is 0 Å². The van der Waals surface area contributed by atoms with Gasteiger partial charge < -0.3 is 10.1 Å². The van der Waals surface area contributed by atoms with Gasteiger partial charge in [0.2, 0.25) is 0 Å². The fraction of sp³-hybridized carbons (Fsp3) is 0.154. The van der Waals surface area contributed by atoms with Gasteiger partial charge in [-0.1, -0.05) is 6.07 Å². The summed E-state index contributed by atoms with van der Waals surface area (Å²) in [6.07, 6.45) is -3.57. The third-order valence-corrected chi connectivity index (χ3v) is 7.23. The molecule has 0 unspecified atom stereocenters. The van der Waals surface area contributed by atoms with Crippen LogP contribution in [0.3, 0.4) is 0 Å². The van der Waals surface area contributed by atoms with E-state index < -0.39 is 50.7 Å². The smallest absolute Gasteiger partial charge is 0.416 e. The van der Waals surface area contributed by atoms with Crippen molar-refractivity contribution < 1.29 is 39.5 Å². The third kappa shape index (κ3) is 5.70. The van der Waals surface area contributed by atoms with Crippen LogP contribution in [-0.4, -0.2) is 19.4 Å². The largest absolute Gasteiger partial charge is 0.489 e. The summed E-state index contributed by atoms with van der Waals surface area (Å²) >= 11 is 0. The molecule has 12 heteroatoms. The molecule has 0 fully saturated rings. The second-order valence-corrected chi connectivity index (χ2v) is 10.1. The third-order valence-electron chi connectivity index (χ3n) is 5.56. The zero-order chi connectivity index (χ0) is 27.7. The SMILES string of the molecule is CNCc1cc(-c2ccc(OCc3cc(F)ccc3F)cc2F)n(S(=O)(=O)c2cccc(C(F)(F)F)c2)c1. The molecule has 0 aliphatic carbocycles. The van der Waals surface area contributed by atoms with Crippen molar-refractivity contribution in [1.82, 2.24) is 9.29 Å². The van der Waals surface area contributed by atoms with Crippen LogP contribution >= 0.6 is 0 Å².